The lowest BCUT2D eigenvalue weighted by atomic mass is 10.2. The summed E-state index contributed by atoms with van der Waals surface area (Å²) >= 11 is 0. The molecule has 0 N–H and O–H groups in total. The fourth-order valence-electron chi connectivity index (χ4n) is 1.38. The highest BCUT2D eigenvalue weighted by molar-refractivity contribution is 5.81. The van der Waals surface area contributed by atoms with Crippen molar-refractivity contribution in [2.24, 2.45) is 4.99 Å². The van der Waals surface area contributed by atoms with Crippen LogP contribution in [0.5, 0.6) is 0 Å². The minimum Gasteiger partial charge on any atom is -0.253 e. The summed E-state index contributed by atoms with van der Waals surface area (Å²) in [7, 11) is 0. The molecule has 0 saturated carbocycles. The summed E-state index contributed by atoms with van der Waals surface area (Å²) in [4.78, 5) is 3.98. The lowest BCUT2D eigenvalue weighted by Crippen LogP contribution is -1.83. The molecule has 0 aliphatic carbocycles. The fourth-order valence-corrected chi connectivity index (χ4v) is 1.38. The third-order valence-electron chi connectivity index (χ3n) is 2.34. The number of aliphatic imine (C=N–C) groups is 1. The maximum atomic E-state index is 13.3. The molecule has 2 rings (SSSR count). The van der Waals surface area contributed by atoms with Gasteiger partial charge in [0.2, 0.25) is 0 Å². The van der Waals surface area contributed by atoms with Crippen LogP contribution in [0.25, 0.3) is 0 Å². The molecule has 0 heterocycles. The standard InChI is InChI=1S/C14H11F2N/c1-10-2-4-11(5-3-10)9-17-14-7-6-12(15)8-13(14)16/h2-9H,1H3/b17-9+. The van der Waals surface area contributed by atoms with E-state index in [4.69, 9.17) is 0 Å². The van der Waals surface area contributed by atoms with Crippen LogP contribution < -0.4 is 0 Å². The van der Waals surface area contributed by atoms with E-state index in [-0.39, 0.29) is 5.69 Å². The molecule has 1 nitrogen and oxygen atoms in total. The van der Waals surface area contributed by atoms with Gasteiger partial charge >= 0.3 is 0 Å². The van der Waals surface area contributed by atoms with E-state index < -0.39 is 11.6 Å². The molecule has 2 aromatic carbocycles. The van der Waals surface area contributed by atoms with E-state index in [2.05, 4.69) is 4.99 Å². The molecule has 3 heteroatoms. The van der Waals surface area contributed by atoms with Gasteiger partial charge in [-0.3, -0.25) is 4.99 Å². The van der Waals surface area contributed by atoms with E-state index in [1.54, 1.807) is 6.21 Å². The van der Waals surface area contributed by atoms with E-state index in [1.807, 2.05) is 31.2 Å². The second-order valence-corrected chi connectivity index (χ2v) is 3.76. The predicted octanol–water partition coefficient (Wildman–Crippen LogP) is 4.02. The van der Waals surface area contributed by atoms with Gasteiger partial charge in [-0.15, -0.1) is 0 Å². The summed E-state index contributed by atoms with van der Waals surface area (Å²) in [6, 6.07) is 11.0. The Hall–Kier alpha value is -2.03. The number of hydrogen-bond donors (Lipinski definition) is 0. The number of nitrogens with zero attached hydrogens (tertiary/aromatic N) is 1. The summed E-state index contributed by atoms with van der Waals surface area (Å²) in [5.41, 5.74) is 2.15. The molecule has 0 aliphatic rings. The first kappa shape index (κ1) is 11.5. The molecular weight excluding hydrogens is 220 g/mol. The Bertz CT molecular complexity index is 545. The van der Waals surface area contributed by atoms with Crippen LogP contribution in [0.2, 0.25) is 0 Å². The molecule has 0 spiro atoms. The lowest BCUT2D eigenvalue weighted by molar-refractivity contribution is 0.585. The van der Waals surface area contributed by atoms with Crippen LogP contribution in [-0.4, -0.2) is 6.21 Å². The number of halogens is 2. The molecule has 86 valence electrons. The minimum absolute atomic E-state index is 0.131. The molecular formula is C14H11F2N. The molecule has 0 unspecified atom stereocenters. The van der Waals surface area contributed by atoms with Crippen molar-refractivity contribution in [3.63, 3.8) is 0 Å². The van der Waals surface area contributed by atoms with E-state index in [0.29, 0.717) is 0 Å². The minimum atomic E-state index is -0.659. The van der Waals surface area contributed by atoms with Crippen LogP contribution >= 0.6 is 0 Å². The van der Waals surface area contributed by atoms with Crippen LogP contribution in [0.15, 0.2) is 47.5 Å². The van der Waals surface area contributed by atoms with Crippen molar-refractivity contribution in [3.8, 4) is 0 Å². The predicted molar refractivity (Wildman–Crippen MR) is 64.8 cm³/mol. The molecule has 0 radical (unpaired) electrons. The van der Waals surface area contributed by atoms with E-state index in [9.17, 15) is 8.78 Å². The van der Waals surface area contributed by atoms with Gasteiger partial charge in [-0.2, -0.15) is 0 Å². The Morgan fingerprint density at radius 1 is 1.00 bits per heavy atom. The molecule has 0 aliphatic heterocycles. The topological polar surface area (TPSA) is 12.4 Å². The number of rotatable bonds is 2. The number of aryl methyl sites for hydroxylation is 1. The van der Waals surface area contributed by atoms with Gasteiger partial charge in [0.15, 0.2) is 5.82 Å². The third-order valence-corrected chi connectivity index (χ3v) is 2.34. The number of benzene rings is 2. The molecule has 0 bridgehead atoms. The quantitative estimate of drug-likeness (QED) is 0.692. The molecule has 0 saturated heterocycles. The summed E-state index contributed by atoms with van der Waals surface area (Å²) in [5, 5.41) is 0. The highest BCUT2D eigenvalue weighted by Gasteiger charge is 2.00. The zero-order valence-corrected chi connectivity index (χ0v) is 9.32. The maximum Gasteiger partial charge on any atom is 0.151 e. The zero-order chi connectivity index (χ0) is 12.3. The van der Waals surface area contributed by atoms with Crippen LogP contribution in [-0.2, 0) is 0 Å². The van der Waals surface area contributed by atoms with Gasteiger partial charge in [0.25, 0.3) is 0 Å². The van der Waals surface area contributed by atoms with Crippen LogP contribution in [0.1, 0.15) is 11.1 Å². The van der Waals surface area contributed by atoms with Crippen molar-refractivity contribution < 1.29 is 8.78 Å². The van der Waals surface area contributed by atoms with Crippen molar-refractivity contribution in [2.75, 3.05) is 0 Å². The van der Waals surface area contributed by atoms with Gasteiger partial charge in [-0.05, 0) is 24.6 Å². The Morgan fingerprint density at radius 2 is 1.71 bits per heavy atom. The van der Waals surface area contributed by atoms with Crippen molar-refractivity contribution in [1.29, 1.82) is 0 Å². The van der Waals surface area contributed by atoms with Gasteiger partial charge in [0.1, 0.15) is 5.82 Å². The van der Waals surface area contributed by atoms with Crippen molar-refractivity contribution in [2.45, 2.75) is 6.92 Å². The first-order valence-electron chi connectivity index (χ1n) is 5.21. The molecule has 2 aromatic rings. The van der Waals surface area contributed by atoms with E-state index in [0.717, 1.165) is 17.2 Å². The lowest BCUT2D eigenvalue weighted by Gasteiger charge is -1.97. The van der Waals surface area contributed by atoms with Gasteiger partial charge in [-0.25, -0.2) is 8.78 Å². The highest BCUT2D eigenvalue weighted by Crippen LogP contribution is 2.18. The van der Waals surface area contributed by atoms with Crippen molar-refractivity contribution >= 4 is 11.9 Å². The van der Waals surface area contributed by atoms with Gasteiger partial charge in [0.05, 0.1) is 5.69 Å². The van der Waals surface area contributed by atoms with Crippen molar-refractivity contribution in [3.05, 3.63) is 65.2 Å². The summed E-state index contributed by atoms with van der Waals surface area (Å²) in [6.07, 6.45) is 1.55. The summed E-state index contributed by atoms with van der Waals surface area (Å²) in [5.74, 6) is -1.26. The molecule has 0 aromatic heterocycles. The average molecular weight is 231 g/mol. The molecule has 0 atom stereocenters. The number of hydrogen-bond acceptors (Lipinski definition) is 1. The van der Waals surface area contributed by atoms with E-state index in [1.165, 1.54) is 12.1 Å². The Labute approximate surface area is 98.4 Å². The first-order valence-corrected chi connectivity index (χ1v) is 5.21. The monoisotopic (exact) mass is 231 g/mol. The largest absolute Gasteiger partial charge is 0.253 e. The summed E-state index contributed by atoms with van der Waals surface area (Å²) < 4.78 is 25.9. The SMILES string of the molecule is Cc1ccc(/C=N/c2ccc(F)cc2F)cc1. The molecule has 17 heavy (non-hydrogen) atoms. The normalized spacial score (nSPS) is 11.0. The van der Waals surface area contributed by atoms with Crippen LogP contribution in [0, 0.1) is 18.6 Å². The smallest absolute Gasteiger partial charge is 0.151 e. The Kier molecular flexibility index (Phi) is 3.28. The van der Waals surface area contributed by atoms with E-state index >= 15 is 0 Å². The Balaban J connectivity index is 2.23. The third kappa shape index (κ3) is 2.97. The van der Waals surface area contributed by atoms with Gasteiger partial charge in [-0.1, -0.05) is 29.8 Å². The second-order valence-electron chi connectivity index (χ2n) is 3.76. The Morgan fingerprint density at radius 3 is 2.35 bits per heavy atom. The second kappa shape index (κ2) is 4.87. The first-order chi connectivity index (χ1) is 8.15. The zero-order valence-electron chi connectivity index (χ0n) is 9.32. The average Bonchev–Trinajstić information content (AvgIpc) is 2.30. The fraction of sp³-hybridized carbons (Fsp3) is 0.0714. The molecule has 0 amide bonds. The van der Waals surface area contributed by atoms with Crippen molar-refractivity contribution in [1.82, 2.24) is 0 Å². The maximum absolute atomic E-state index is 13.3. The van der Waals surface area contributed by atoms with Crippen LogP contribution in [0.4, 0.5) is 14.5 Å². The highest BCUT2D eigenvalue weighted by atomic mass is 19.1. The van der Waals surface area contributed by atoms with Crippen LogP contribution in [0.3, 0.4) is 0 Å². The molecule has 0 fully saturated rings. The van der Waals surface area contributed by atoms with Gasteiger partial charge in [0, 0.05) is 12.3 Å². The van der Waals surface area contributed by atoms with Gasteiger partial charge < -0.3 is 0 Å². The summed E-state index contributed by atoms with van der Waals surface area (Å²) in [6.45, 7) is 1.99.